The third kappa shape index (κ3) is 4.61. The summed E-state index contributed by atoms with van der Waals surface area (Å²) in [6.07, 6.45) is 4.62. The zero-order chi connectivity index (χ0) is 12.6. The van der Waals surface area contributed by atoms with Crippen molar-refractivity contribution in [3.05, 3.63) is 42.0 Å². The maximum Gasteiger partial charge on any atom is 0.0826 e. The fourth-order valence-electron chi connectivity index (χ4n) is 2.08. The van der Waals surface area contributed by atoms with Crippen LogP contribution >= 0.6 is 0 Å². The number of nitrogens with one attached hydrogen (secondary N) is 1. The van der Waals surface area contributed by atoms with Gasteiger partial charge in [-0.25, -0.2) is 0 Å². The molecule has 1 fully saturated rings. The first kappa shape index (κ1) is 13.3. The normalized spacial score (nSPS) is 21.5. The molecule has 1 aromatic carbocycles. The van der Waals surface area contributed by atoms with Gasteiger partial charge in [-0.05, 0) is 12.6 Å². The predicted octanol–water partition coefficient (Wildman–Crippen LogP) is 1.62. The van der Waals surface area contributed by atoms with Crippen molar-refractivity contribution in [2.24, 2.45) is 0 Å². The minimum atomic E-state index is 0.328. The molecule has 18 heavy (non-hydrogen) atoms. The number of likely N-dealkylation sites (N-methyl/N-ethyl adjacent to an activating group) is 1. The Hall–Kier alpha value is -1.16. The lowest BCUT2D eigenvalue weighted by Crippen LogP contribution is -2.44. The lowest BCUT2D eigenvalue weighted by atomic mass is 10.2. The summed E-state index contributed by atoms with van der Waals surface area (Å²) in [7, 11) is 2.14. The van der Waals surface area contributed by atoms with Gasteiger partial charge in [0.05, 0.1) is 12.7 Å². The fraction of sp³-hybridized carbons (Fsp3) is 0.467. The van der Waals surface area contributed by atoms with Gasteiger partial charge in [0.2, 0.25) is 0 Å². The number of hydrogen-bond acceptors (Lipinski definition) is 3. The van der Waals surface area contributed by atoms with Crippen LogP contribution in [0.1, 0.15) is 5.56 Å². The smallest absolute Gasteiger partial charge is 0.0826 e. The van der Waals surface area contributed by atoms with Crippen molar-refractivity contribution in [2.45, 2.75) is 6.10 Å². The standard InChI is InChI=1S/C15H22N2O/c1-17-10-11-18-15(13-17)12-16-9-5-8-14-6-3-2-4-7-14/h2-8,15-16H,9-13H2,1H3/b8-5-/t15-/m0/s1. The molecule has 2 rings (SSSR count). The van der Waals surface area contributed by atoms with Gasteiger partial charge in [0.25, 0.3) is 0 Å². The van der Waals surface area contributed by atoms with E-state index in [1.54, 1.807) is 0 Å². The predicted molar refractivity (Wildman–Crippen MR) is 75.6 cm³/mol. The van der Waals surface area contributed by atoms with Crippen molar-refractivity contribution in [3.63, 3.8) is 0 Å². The third-order valence-corrected chi connectivity index (χ3v) is 3.09. The maximum absolute atomic E-state index is 5.68. The second kappa shape index (κ2) is 7.31. The molecule has 0 unspecified atom stereocenters. The van der Waals surface area contributed by atoms with Gasteiger partial charge in [0.1, 0.15) is 0 Å². The number of rotatable bonds is 5. The summed E-state index contributed by atoms with van der Waals surface area (Å²) in [5.41, 5.74) is 1.24. The Morgan fingerprint density at radius 1 is 1.39 bits per heavy atom. The zero-order valence-corrected chi connectivity index (χ0v) is 11.0. The molecule has 1 aromatic rings. The van der Waals surface area contributed by atoms with Crippen LogP contribution in [0.2, 0.25) is 0 Å². The topological polar surface area (TPSA) is 24.5 Å². The van der Waals surface area contributed by atoms with Crippen LogP contribution in [0.25, 0.3) is 6.08 Å². The van der Waals surface area contributed by atoms with Gasteiger partial charge in [0.15, 0.2) is 0 Å². The first-order valence-electron chi connectivity index (χ1n) is 6.57. The van der Waals surface area contributed by atoms with E-state index in [1.165, 1.54) is 5.56 Å². The molecule has 1 N–H and O–H groups in total. The molecule has 0 amide bonds. The summed E-state index contributed by atoms with van der Waals surface area (Å²) in [5, 5.41) is 3.41. The highest BCUT2D eigenvalue weighted by Crippen LogP contribution is 2.02. The van der Waals surface area contributed by atoms with Crippen molar-refractivity contribution in [2.75, 3.05) is 39.8 Å². The summed E-state index contributed by atoms with van der Waals surface area (Å²) in [5.74, 6) is 0. The van der Waals surface area contributed by atoms with Gasteiger partial charge in [-0.3, -0.25) is 0 Å². The summed E-state index contributed by atoms with van der Waals surface area (Å²) in [4.78, 5) is 2.32. The van der Waals surface area contributed by atoms with E-state index in [-0.39, 0.29) is 0 Å². The quantitative estimate of drug-likeness (QED) is 0.799. The van der Waals surface area contributed by atoms with Gasteiger partial charge >= 0.3 is 0 Å². The van der Waals surface area contributed by atoms with Crippen LogP contribution in [0.4, 0.5) is 0 Å². The summed E-state index contributed by atoms with van der Waals surface area (Å²) >= 11 is 0. The van der Waals surface area contributed by atoms with Gasteiger partial charge in [-0.1, -0.05) is 42.5 Å². The number of hydrogen-bond donors (Lipinski definition) is 1. The average Bonchev–Trinajstić information content (AvgIpc) is 2.40. The summed E-state index contributed by atoms with van der Waals surface area (Å²) in [6.45, 7) is 4.73. The molecule has 3 heteroatoms. The van der Waals surface area contributed by atoms with Crippen molar-refractivity contribution in [1.29, 1.82) is 0 Å². The number of nitrogens with zero attached hydrogens (tertiary/aromatic N) is 1. The molecule has 1 saturated heterocycles. The van der Waals surface area contributed by atoms with E-state index in [2.05, 4.69) is 53.7 Å². The molecule has 0 aromatic heterocycles. The van der Waals surface area contributed by atoms with E-state index < -0.39 is 0 Å². The van der Waals surface area contributed by atoms with Crippen LogP contribution in [0.15, 0.2) is 36.4 Å². The molecule has 98 valence electrons. The van der Waals surface area contributed by atoms with Crippen LogP contribution in [0.5, 0.6) is 0 Å². The molecule has 1 atom stereocenters. The molecule has 1 aliphatic heterocycles. The lowest BCUT2D eigenvalue weighted by Gasteiger charge is -2.30. The Morgan fingerprint density at radius 3 is 3.00 bits per heavy atom. The third-order valence-electron chi connectivity index (χ3n) is 3.09. The fourth-order valence-corrected chi connectivity index (χ4v) is 2.08. The average molecular weight is 246 g/mol. The highest BCUT2D eigenvalue weighted by molar-refractivity contribution is 5.48. The van der Waals surface area contributed by atoms with E-state index >= 15 is 0 Å². The van der Waals surface area contributed by atoms with Crippen LogP contribution in [0.3, 0.4) is 0 Å². The van der Waals surface area contributed by atoms with E-state index in [9.17, 15) is 0 Å². The second-order valence-corrected chi connectivity index (χ2v) is 4.73. The molecule has 0 radical (unpaired) electrons. The second-order valence-electron chi connectivity index (χ2n) is 4.73. The largest absolute Gasteiger partial charge is 0.374 e. The molecule has 0 bridgehead atoms. The number of ether oxygens (including phenoxy) is 1. The van der Waals surface area contributed by atoms with E-state index in [1.807, 2.05) is 6.07 Å². The minimum Gasteiger partial charge on any atom is -0.374 e. The highest BCUT2D eigenvalue weighted by atomic mass is 16.5. The number of morpholine rings is 1. The molecule has 1 heterocycles. The minimum absolute atomic E-state index is 0.328. The zero-order valence-electron chi connectivity index (χ0n) is 11.0. The van der Waals surface area contributed by atoms with E-state index in [4.69, 9.17) is 4.74 Å². The molecule has 1 aliphatic rings. The Morgan fingerprint density at radius 2 is 2.22 bits per heavy atom. The van der Waals surface area contributed by atoms with Crippen molar-refractivity contribution in [1.82, 2.24) is 10.2 Å². The van der Waals surface area contributed by atoms with Crippen LogP contribution in [0, 0.1) is 0 Å². The van der Waals surface area contributed by atoms with Gasteiger partial charge in [0, 0.05) is 26.2 Å². The van der Waals surface area contributed by atoms with Crippen molar-refractivity contribution in [3.8, 4) is 0 Å². The molecule has 0 saturated carbocycles. The van der Waals surface area contributed by atoms with Crippen LogP contribution in [-0.4, -0.2) is 50.8 Å². The monoisotopic (exact) mass is 246 g/mol. The Labute approximate surface area is 109 Å². The Kier molecular flexibility index (Phi) is 5.39. The SMILES string of the molecule is CN1CCO[C@@H](CNC/C=C\c2ccccc2)C1. The molecule has 0 aliphatic carbocycles. The Balaban J connectivity index is 1.62. The highest BCUT2D eigenvalue weighted by Gasteiger charge is 2.16. The van der Waals surface area contributed by atoms with E-state index in [0.29, 0.717) is 6.10 Å². The van der Waals surface area contributed by atoms with E-state index in [0.717, 1.165) is 32.8 Å². The maximum atomic E-state index is 5.68. The van der Waals surface area contributed by atoms with Gasteiger partial charge in [-0.15, -0.1) is 0 Å². The number of benzene rings is 1. The van der Waals surface area contributed by atoms with Crippen LogP contribution < -0.4 is 5.32 Å². The van der Waals surface area contributed by atoms with Gasteiger partial charge in [-0.2, -0.15) is 0 Å². The van der Waals surface area contributed by atoms with Crippen molar-refractivity contribution >= 4 is 6.08 Å². The summed E-state index contributed by atoms with van der Waals surface area (Å²) in [6, 6.07) is 10.4. The molecular formula is C15H22N2O. The van der Waals surface area contributed by atoms with Gasteiger partial charge < -0.3 is 15.0 Å². The van der Waals surface area contributed by atoms with Crippen molar-refractivity contribution < 1.29 is 4.74 Å². The Bertz CT molecular complexity index is 364. The van der Waals surface area contributed by atoms with Crippen LogP contribution in [-0.2, 0) is 4.74 Å². The molecular weight excluding hydrogens is 224 g/mol. The summed E-state index contributed by atoms with van der Waals surface area (Å²) < 4.78 is 5.68. The molecule has 3 nitrogen and oxygen atoms in total. The lowest BCUT2D eigenvalue weighted by molar-refractivity contribution is -0.0176. The first-order valence-corrected chi connectivity index (χ1v) is 6.57. The first-order chi connectivity index (χ1) is 8.84. The molecule has 0 spiro atoms.